The van der Waals surface area contributed by atoms with Gasteiger partial charge in [0.05, 0.1) is 25.8 Å². The van der Waals surface area contributed by atoms with E-state index in [2.05, 4.69) is 18.7 Å². The summed E-state index contributed by atoms with van der Waals surface area (Å²) in [5, 5.41) is 0. The summed E-state index contributed by atoms with van der Waals surface area (Å²) in [6.07, 6.45) is 2.16. The van der Waals surface area contributed by atoms with Crippen LogP contribution >= 0.6 is 0 Å². The highest BCUT2D eigenvalue weighted by Crippen LogP contribution is 2.36. The number of hydrogen-bond acceptors (Lipinski definition) is 5. The molecule has 0 radical (unpaired) electrons. The molecule has 2 atom stereocenters. The first-order valence-corrected chi connectivity index (χ1v) is 11.5. The smallest absolute Gasteiger partial charge is 0.257 e. The molecule has 0 unspecified atom stereocenters. The third-order valence-electron chi connectivity index (χ3n) is 6.80. The summed E-state index contributed by atoms with van der Waals surface area (Å²) < 4.78 is 17.0. The van der Waals surface area contributed by atoms with Crippen molar-refractivity contribution in [2.45, 2.75) is 44.9 Å². The van der Waals surface area contributed by atoms with E-state index in [1.165, 1.54) is 0 Å². The van der Waals surface area contributed by atoms with Gasteiger partial charge in [0.2, 0.25) is 0 Å². The molecule has 6 nitrogen and oxygen atoms in total. The van der Waals surface area contributed by atoms with Gasteiger partial charge in [0.1, 0.15) is 23.4 Å². The minimum absolute atomic E-state index is 0.0226. The van der Waals surface area contributed by atoms with Crippen LogP contribution in [0.15, 0.2) is 48.5 Å². The summed E-state index contributed by atoms with van der Waals surface area (Å²) in [5.41, 5.74) is 0.587. The Kier molecular flexibility index (Phi) is 6.89. The Hall–Kier alpha value is -2.73. The molecule has 0 bridgehead atoms. The SMILES string of the molecule is COc1ccc(C(=O)N2CCC([C@H]3[C@@H](Oc4ccccc4)CN3C(C)C)CC2)c(OC)c1. The van der Waals surface area contributed by atoms with Crippen LogP contribution in [0.25, 0.3) is 0 Å². The molecule has 2 saturated heterocycles. The number of para-hydroxylation sites is 1. The van der Waals surface area contributed by atoms with E-state index < -0.39 is 0 Å². The number of likely N-dealkylation sites (tertiary alicyclic amines) is 2. The van der Waals surface area contributed by atoms with E-state index in [-0.39, 0.29) is 12.0 Å². The van der Waals surface area contributed by atoms with Gasteiger partial charge in [-0.2, -0.15) is 0 Å². The van der Waals surface area contributed by atoms with Crippen LogP contribution in [0.5, 0.6) is 17.2 Å². The quantitative estimate of drug-likeness (QED) is 0.652. The molecule has 2 heterocycles. The molecule has 32 heavy (non-hydrogen) atoms. The number of benzene rings is 2. The normalized spacial score (nSPS) is 21.8. The Morgan fingerprint density at radius 2 is 1.69 bits per heavy atom. The predicted octanol–water partition coefficient (Wildman–Crippen LogP) is 4.10. The van der Waals surface area contributed by atoms with Crippen molar-refractivity contribution in [3.05, 3.63) is 54.1 Å². The zero-order valence-electron chi connectivity index (χ0n) is 19.5. The molecular weight excluding hydrogens is 404 g/mol. The van der Waals surface area contributed by atoms with Crippen molar-refractivity contribution in [3.63, 3.8) is 0 Å². The van der Waals surface area contributed by atoms with Crippen LogP contribution in [0.4, 0.5) is 0 Å². The standard InChI is InChI=1S/C26H34N2O4/c1-18(2)28-17-24(32-20-8-6-5-7-9-20)25(28)19-12-14-27(15-13-19)26(29)22-11-10-21(30-3)16-23(22)31-4/h5-11,16,18-19,24-25H,12-15,17H2,1-4H3/t24-,25-/m0/s1. The molecule has 0 spiro atoms. The van der Waals surface area contributed by atoms with Crippen LogP contribution in [0, 0.1) is 5.92 Å². The lowest BCUT2D eigenvalue weighted by Crippen LogP contribution is -2.68. The molecule has 2 aromatic rings. The van der Waals surface area contributed by atoms with Crippen LogP contribution < -0.4 is 14.2 Å². The summed E-state index contributed by atoms with van der Waals surface area (Å²) in [4.78, 5) is 17.7. The first-order chi connectivity index (χ1) is 15.5. The highest BCUT2D eigenvalue weighted by atomic mass is 16.5. The van der Waals surface area contributed by atoms with Gasteiger partial charge in [0.15, 0.2) is 0 Å². The van der Waals surface area contributed by atoms with E-state index in [0.717, 1.165) is 38.2 Å². The highest BCUT2D eigenvalue weighted by molar-refractivity contribution is 5.97. The van der Waals surface area contributed by atoms with Crippen molar-refractivity contribution in [1.29, 1.82) is 0 Å². The molecule has 0 aromatic heterocycles. The predicted molar refractivity (Wildman–Crippen MR) is 125 cm³/mol. The van der Waals surface area contributed by atoms with Gasteiger partial charge in [-0.3, -0.25) is 9.69 Å². The lowest BCUT2D eigenvalue weighted by atomic mass is 9.79. The minimum Gasteiger partial charge on any atom is -0.497 e. The molecule has 0 saturated carbocycles. The van der Waals surface area contributed by atoms with Crippen LogP contribution in [-0.2, 0) is 0 Å². The summed E-state index contributed by atoms with van der Waals surface area (Å²) in [7, 11) is 3.19. The van der Waals surface area contributed by atoms with Gasteiger partial charge in [0.25, 0.3) is 5.91 Å². The van der Waals surface area contributed by atoms with Crippen LogP contribution in [0.1, 0.15) is 37.0 Å². The fraction of sp³-hybridized carbons (Fsp3) is 0.500. The molecule has 2 aromatic carbocycles. The fourth-order valence-electron chi connectivity index (χ4n) is 5.01. The summed E-state index contributed by atoms with van der Waals surface area (Å²) in [6, 6.07) is 16.3. The molecule has 0 aliphatic carbocycles. The molecule has 0 N–H and O–H groups in total. The van der Waals surface area contributed by atoms with Gasteiger partial charge in [-0.25, -0.2) is 0 Å². The number of hydrogen-bond donors (Lipinski definition) is 0. The maximum absolute atomic E-state index is 13.2. The van der Waals surface area contributed by atoms with E-state index in [9.17, 15) is 4.79 Å². The third kappa shape index (κ3) is 4.56. The van der Waals surface area contributed by atoms with Gasteiger partial charge >= 0.3 is 0 Å². The fourth-order valence-corrected chi connectivity index (χ4v) is 5.01. The molecule has 6 heteroatoms. The average Bonchev–Trinajstić information content (AvgIpc) is 2.81. The monoisotopic (exact) mass is 438 g/mol. The van der Waals surface area contributed by atoms with Crippen LogP contribution in [0.2, 0.25) is 0 Å². The van der Waals surface area contributed by atoms with Crippen molar-refractivity contribution in [3.8, 4) is 17.2 Å². The topological polar surface area (TPSA) is 51.2 Å². The van der Waals surface area contributed by atoms with Gasteiger partial charge in [-0.1, -0.05) is 18.2 Å². The summed E-state index contributed by atoms with van der Waals surface area (Å²) in [6.45, 7) is 6.96. The van der Waals surface area contributed by atoms with Crippen molar-refractivity contribution in [2.24, 2.45) is 5.92 Å². The number of carbonyl (C=O) groups excluding carboxylic acids is 1. The molecular formula is C26H34N2O4. The molecule has 2 aliphatic heterocycles. The highest BCUT2D eigenvalue weighted by Gasteiger charge is 2.47. The number of piperidine rings is 1. The Balaban J connectivity index is 1.41. The molecule has 2 aliphatic rings. The van der Waals surface area contributed by atoms with E-state index in [1.54, 1.807) is 26.4 Å². The van der Waals surface area contributed by atoms with E-state index in [4.69, 9.17) is 14.2 Å². The number of amides is 1. The molecule has 1 amide bonds. The minimum atomic E-state index is 0.0226. The Bertz CT molecular complexity index is 909. The second kappa shape index (κ2) is 9.82. The Labute approximate surface area is 191 Å². The van der Waals surface area contributed by atoms with Crippen molar-refractivity contribution >= 4 is 5.91 Å². The molecule has 2 fully saturated rings. The average molecular weight is 439 g/mol. The lowest BCUT2D eigenvalue weighted by Gasteiger charge is -2.54. The largest absolute Gasteiger partial charge is 0.497 e. The second-order valence-corrected chi connectivity index (χ2v) is 8.95. The number of methoxy groups -OCH3 is 2. The number of nitrogens with zero attached hydrogens (tertiary/aromatic N) is 2. The van der Waals surface area contributed by atoms with Gasteiger partial charge < -0.3 is 19.1 Å². The molecule has 172 valence electrons. The van der Waals surface area contributed by atoms with Crippen LogP contribution in [-0.4, -0.2) is 67.7 Å². The van der Waals surface area contributed by atoms with Gasteiger partial charge in [0, 0.05) is 31.7 Å². The zero-order valence-corrected chi connectivity index (χ0v) is 19.5. The Morgan fingerprint density at radius 3 is 2.31 bits per heavy atom. The lowest BCUT2D eigenvalue weighted by molar-refractivity contribution is -0.0983. The summed E-state index contributed by atoms with van der Waals surface area (Å²) in [5.74, 6) is 2.71. The van der Waals surface area contributed by atoms with E-state index in [1.807, 2.05) is 41.3 Å². The Morgan fingerprint density at radius 1 is 0.969 bits per heavy atom. The maximum Gasteiger partial charge on any atom is 0.257 e. The summed E-state index contributed by atoms with van der Waals surface area (Å²) >= 11 is 0. The first-order valence-electron chi connectivity index (χ1n) is 11.5. The zero-order chi connectivity index (χ0) is 22.7. The van der Waals surface area contributed by atoms with E-state index >= 15 is 0 Å². The maximum atomic E-state index is 13.2. The number of ether oxygens (including phenoxy) is 3. The number of rotatable bonds is 7. The van der Waals surface area contributed by atoms with Crippen molar-refractivity contribution in [2.75, 3.05) is 33.9 Å². The number of carbonyl (C=O) groups is 1. The van der Waals surface area contributed by atoms with Gasteiger partial charge in [-0.05, 0) is 56.9 Å². The van der Waals surface area contributed by atoms with Gasteiger partial charge in [-0.15, -0.1) is 0 Å². The van der Waals surface area contributed by atoms with Crippen molar-refractivity contribution in [1.82, 2.24) is 9.80 Å². The first kappa shape index (κ1) is 22.5. The van der Waals surface area contributed by atoms with Crippen LogP contribution in [0.3, 0.4) is 0 Å². The second-order valence-electron chi connectivity index (χ2n) is 8.95. The van der Waals surface area contributed by atoms with E-state index in [0.29, 0.717) is 35.1 Å². The van der Waals surface area contributed by atoms with Crippen molar-refractivity contribution < 1.29 is 19.0 Å². The third-order valence-corrected chi connectivity index (χ3v) is 6.80. The molecule has 4 rings (SSSR count).